The van der Waals surface area contributed by atoms with Gasteiger partial charge in [-0.05, 0) is 57.2 Å². The predicted molar refractivity (Wildman–Crippen MR) is 109 cm³/mol. The summed E-state index contributed by atoms with van der Waals surface area (Å²) in [5.41, 5.74) is 4.37. The van der Waals surface area contributed by atoms with E-state index in [4.69, 9.17) is 9.73 Å². The normalized spacial score (nSPS) is 14.4. The van der Waals surface area contributed by atoms with Crippen LogP contribution in [0.5, 0.6) is 0 Å². The van der Waals surface area contributed by atoms with Gasteiger partial charge in [0.1, 0.15) is 0 Å². The van der Waals surface area contributed by atoms with E-state index in [0.29, 0.717) is 13.2 Å². The lowest BCUT2D eigenvalue weighted by molar-refractivity contribution is 0.129. The van der Waals surface area contributed by atoms with Gasteiger partial charge in [-0.1, -0.05) is 18.2 Å². The summed E-state index contributed by atoms with van der Waals surface area (Å²) in [6, 6.07) is 10.4. The van der Waals surface area contributed by atoms with Crippen molar-refractivity contribution in [3.63, 3.8) is 0 Å². The molecule has 1 aromatic heterocycles. The molecular formula is C21H31N5O. The highest BCUT2D eigenvalue weighted by atomic mass is 16.5. The third-order valence-corrected chi connectivity index (χ3v) is 4.57. The highest BCUT2D eigenvalue weighted by Crippen LogP contribution is 2.28. The molecule has 3 rings (SSSR count). The van der Waals surface area contributed by atoms with Crippen LogP contribution in [-0.2, 0) is 11.3 Å². The van der Waals surface area contributed by atoms with Gasteiger partial charge in [-0.15, -0.1) is 0 Å². The molecule has 1 saturated carbocycles. The molecule has 27 heavy (non-hydrogen) atoms. The molecule has 2 N–H and O–H groups in total. The molecule has 146 valence electrons. The summed E-state index contributed by atoms with van der Waals surface area (Å²) >= 11 is 0. The van der Waals surface area contributed by atoms with E-state index in [1.165, 1.54) is 12.8 Å². The summed E-state index contributed by atoms with van der Waals surface area (Å²) in [6.07, 6.45) is 2.65. The zero-order valence-corrected chi connectivity index (χ0v) is 16.7. The molecule has 0 amide bonds. The van der Waals surface area contributed by atoms with Gasteiger partial charge in [-0.3, -0.25) is 0 Å². The smallest absolute Gasteiger partial charge is 0.191 e. The molecule has 1 heterocycles. The van der Waals surface area contributed by atoms with Crippen molar-refractivity contribution in [3.8, 4) is 5.69 Å². The summed E-state index contributed by atoms with van der Waals surface area (Å²) in [6.45, 7) is 9.95. The van der Waals surface area contributed by atoms with E-state index in [9.17, 15) is 0 Å². The van der Waals surface area contributed by atoms with Crippen LogP contribution in [0.3, 0.4) is 0 Å². The first-order valence-corrected chi connectivity index (χ1v) is 9.89. The molecule has 0 atom stereocenters. The minimum Gasteiger partial charge on any atom is -0.379 e. The van der Waals surface area contributed by atoms with Crippen LogP contribution in [0.1, 0.15) is 36.7 Å². The van der Waals surface area contributed by atoms with E-state index in [0.717, 1.165) is 54.2 Å². The minimum atomic E-state index is 0.590. The van der Waals surface area contributed by atoms with E-state index in [2.05, 4.69) is 47.8 Å². The summed E-state index contributed by atoms with van der Waals surface area (Å²) in [7, 11) is 0. The highest BCUT2D eigenvalue weighted by Gasteiger charge is 2.20. The Morgan fingerprint density at radius 1 is 1.26 bits per heavy atom. The largest absolute Gasteiger partial charge is 0.379 e. The van der Waals surface area contributed by atoms with Crippen molar-refractivity contribution in [1.82, 2.24) is 20.4 Å². The second-order valence-corrected chi connectivity index (χ2v) is 7.11. The Balaban J connectivity index is 1.62. The highest BCUT2D eigenvalue weighted by molar-refractivity contribution is 5.79. The van der Waals surface area contributed by atoms with Crippen LogP contribution in [0.4, 0.5) is 0 Å². The Bertz CT molecular complexity index is 764. The van der Waals surface area contributed by atoms with Gasteiger partial charge in [0.25, 0.3) is 0 Å². The first-order chi connectivity index (χ1) is 13.2. The van der Waals surface area contributed by atoms with Crippen LogP contribution in [0, 0.1) is 19.8 Å². The Kier molecular flexibility index (Phi) is 6.87. The number of aromatic nitrogens is 2. The van der Waals surface area contributed by atoms with Crippen molar-refractivity contribution >= 4 is 5.96 Å². The summed E-state index contributed by atoms with van der Waals surface area (Å²) in [5, 5.41) is 11.3. The minimum absolute atomic E-state index is 0.590. The van der Waals surface area contributed by atoms with Crippen molar-refractivity contribution in [1.29, 1.82) is 0 Å². The number of hydrogen-bond acceptors (Lipinski definition) is 3. The average Bonchev–Trinajstić information content (AvgIpc) is 3.42. The number of aryl methyl sites for hydroxylation is 2. The standard InChI is InChI=1S/C21H31N5O/c1-4-22-21(23-11-12-27-15-18-9-10-18)24-14-19-7-5-6-8-20(19)26-17(3)13-16(2)25-26/h5-8,13,18H,4,9-12,14-15H2,1-3H3,(H2,22,23,24). The number of nitrogens with zero attached hydrogens (tertiary/aromatic N) is 3. The van der Waals surface area contributed by atoms with Gasteiger partial charge < -0.3 is 15.4 Å². The summed E-state index contributed by atoms with van der Waals surface area (Å²) in [5.74, 6) is 1.62. The van der Waals surface area contributed by atoms with Crippen molar-refractivity contribution in [2.24, 2.45) is 10.9 Å². The van der Waals surface area contributed by atoms with Crippen molar-refractivity contribution < 1.29 is 4.74 Å². The molecule has 0 bridgehead atoms. The number of aliphatic imine (C=N–C) groups is 1. The predicted octanol–water partition coefficient (Wildman–Crippen LogP) is 2.97. The van der Waals surface area contributed by atoms with Crippen molar-refractivity contribution in [2.45, 2.75) is 40.2 Å². The second-order valence-electron chi connectivity index (χ2n) is 7.11. The van der Waals surface area contributed by atoms with Crippen molar-refractivity contribution in [2.75, 3.05) is 26.3 Å². The Labute approximate surface area is 162 Å². The van der Waals surface area contributed by atoms with Gasteiger partial charge in [0.05, 0.1) is 24.5 Å². The molecule has 1 aliphatic rings. The molecule has 6 heteroatoms. The Morgan fingerprint density at radius 2 is 2.07 bits per heavy atom. The number of benzene rings is 1. The number of nitrogens with one attached hydrogen (secondary N) is 2. The lowest BCUT2D eigenvalue weighted by atomic mass is 10.2. The molecule has 2 aromatic rings. The van der Waals surface area contributed by atoms with Crippen LogP contribution in [0.2, 0.25) is 0 Å². The Morgan fingerprint density at radius 3 is 2.78 bits per heavy atom. The van der Waals surface area contributed by atoms with Gasteiger partial charge >= 0.3 is 0 Å². The maximum absolute atomic E-state index is 5.68. The summed E-state index contributed by atoms with van der Waals surface area (Å²) < 4.78 is 7.68. The van der Waals surface area contributed by atoms with Crippen LogP contribution in [-0.4, -0.2) is 42.0 Å². The number of guanidine groups is 1. The monoisotopic (exact) mass is 369 g/mol. The number of rotatable bonds is 9. The van der Waals surface area contributed by atoms with Gasteiger partial charge in [0, 0.05) is 25.4 Å². The topological polar surface area (TPSA) is 63.5 Å². The zero-order valence-electron chi connectivity index (χ0n) is 16.7. The van der Waals surface area contributed by atoms with Crippen molar-refractivity contribution in [3.05, 3.63) is 47.3 Å². The van der Waals surface area contributed by atoms with Crippen LogP contribution >= 0.6 is 0 Å². The van der Waals surface area contributed by atoms with Gasteiger partial charge in [0.2, 0.25) is 0 Å². The maximum atomic E-state index is 5.68. The molecule has 1 aliphatic carbocycles. The second kappa shape index (κ2) is 9.55. The first-order valence-electron chi connectivity index (χ1n) is 9.89. The molecule has 0 aliphatic heterocycles. The maximum Gasteiger partial charge on any atom is 0.191 e. The third kappa shape index (κ3) is 5.82. The van der Waals surface area contributed by atoms with E-state index >= 15 is 0 Å². The van der Waals surface area contributed by atoms with Gasteiger partial charge in [-0.2, -0.15) is 5.10 Å². The fraction of sp³-hybridized carbons (Fsp3) is 0.524. The Hall–Kier alpha value is -2.34. The molecule has 1 fully saturated rings. The molecule has 0 spiro atoms. The number of hydrogen-bond donors (Lipinski definition) is 2. The first kappa shape index (κ1) is 19.4. The fourth-order valence-corrected chi connectivity index (χ4v) is 3.01. The van der Waals surface area contributed by atoms with E-state index in [-0.39, 0.29) is 0 Å². The molecular weight excluding hydrogens is 338 g/mol. The number of ether oxygens (including phenoxy) is 1. The van der Waals surface area contributed by atoms with E-state index < -0.39 is 0 Å². The lowest BCUT2D eigenvalue weighted by Gasteiger charge is -2.13. The fourth-order valence-electron chi connectivity index (χ4n) is 3.01. The molecule has 0 radical (unpaired) electrons. The molecule has 0 unspecified atom stereocenters. The average molecular weight is 370 g/mol. The van der Waals surface area contributed by atoms with Gasteiger partial charge in [0.15, 0.2) is 5.96 Å². The summed E-state index contributed by atoms with van der Waals surface area (Å²) in [4.78, 5) is 4.75. The third-order valence-electron chi connectivity index (χ3n) is 4.57. The van der Waals surface area contributed by atoms with Crippen LogP contribution < -0.4 is 10.6 Å². The lowest BCUT2D eigenvalue weighted by Crippen LogP contribution is -2.39. The van der Waals surface area contributed by atoms with Crippen LogP contribution in [0.25, 0.3) is 5.69 Å². The zero-order chi connectivity index (χ0) is 19.1. The quantitative estimate of drug-likeness (QED) is 0.405. The molecule has 1 aromatic carbocycles. The van der Waals surface area contributed by atoms with Crippen LogP contribution in [0.15, 0.2) is 35.3 Å². The number of para-hydroxylation sites is 1. The SMILES string of the molecule is CCNC(=NCc1ccccc1-n1nc(C)cc1C)NCCOCC1CC1. The van der Waals surface area contributed by atoms with E-state index in [1.807, 2.05) is 23.7 Å². The van der Waals surface area contributed by atoms with E-state index in [1.54, 1.807) is 0 Å². The molecule has 6 nitrogen and oxygen atoms in total. The van der Waals surface area contributed by atoms with Gasteiger partial charge in [-0.25, -0.2) is 9.67 Å². The molecule has 0 saturated heterocycles.